The normalized spacial score (nSPS) is 10.6. The second kappa shape index (κ2) is 8.03. The summed E-state index contributed by atoms with van der Waals surface area (Å²) in [5.41, 5.74) is 1.53. The molecule has 2 aromatic rings. The summed E-state index contributed by atoms with van der Waals surface area (Å²) in [6.07, 6.45) is 3.34. The number of hydrogen-bond donors (Lipinski definition) is 0. The number of carbonyl (C=O) groups is 1. The summed E-state index contributed by atoms with van der Waals surface area (Å²) in [5.74, 6) is 1.44. The van der Waals surface area contributed by atoms with Crippen molar-refractivity contribution in [1.29, 1.82) is 0 Å². The van der Waals surface area contributed by atoms with Crippen LogP contribution in [0.5, 0.6) is 11.5 Å². The second-order valence-corrected chi connectivity index (χ2v) is 4.63. The molecule has 0 saturated carbocycles. The van der Waals surface area contributed by atoms with E-state index in [9.17, 15) is 4.79 Å². The summed E-state index contributed by atoms with van der Waals surface area (Å²) in [6.45, 7) is 5.03. The molecular formula is C19H20O3. The first-order chi connectivity index (χ1) is 10.7. The molecule has 0 aromatic heterocycles. The first-order valence-electron chi connectivity index (χ1n) is 7.41. The van der Waals surface area contributed by atoms with E-state index in [1.165, 1.54) is 0 Å². The molecule has 0 N–H and O–H groups in total. The molecule has 0 aliphatic carbocycles. The van der Waals surface area contributed by atoms with Gasteiger partial charge in [-0.2, -0.15) is 0 Å². The molecule has 2 rings (SSSR count). The van der Waals surface area contributed by atoms with Crippen LogP contribution in [0.2, 0.25) is 0 Å². The Balaban J connectivity index is 2.20. The quantitative estimate of drug-likeness (QED) is 0.562. The molecule has 0 atom stereocenters. The molecule has 0 heterocycles. The van der Waals surface area contributed by atoms with Gasteiger partial charge >= 0.3 is 0 Å². The maximum absolute atomic E-state index is 12.1. The zero-order valence-corrected chi connectivity index (χ0v) is 12.9. The predicted molar refractivity (Wildman–Crippen MR) is 88.6 cm³/mol. The van der Waals surface area contributed by atoms with E-state index in [0.717, 1.165) is 11.3 Å². The first-order valence-corrected chi connectivity index (χ1v) is 7.41. The molecular weight excluding hydrogens is 276 g/mol. The van der Waals surface area contributed by atoms with Crippen molar-refractivity contribution in [2.24, 2.45) is 0 Å². The molecule has 0 bridgehead atoms. The lowest BCUT2D eigenvalue weighted by molar-refractivity contribution is 0.104. The molecule has 0 radical (unpaired) electrons. The lowest BCUT2D eigenvalue weighted by atomic mass is 10.1. The van der Waals surface area contributed by atoms with E-state index in [0.29, 0.717) is 24.5 Å². The third-order valence-electron chi connectivity index (χ3n) is 3.07. The van der Waals surface area contributed by atoms with Crippen LogP contribution < -0.4 is 9.47 Å². The van der Waals surface area contributed by atoms with E-state index in [1.54, 1.807) is 24.3 Å². The SMILES string of the molecule is CCOc1ccc(/C=C/C(=O)c2ccccc2)c(OCC)c1. The molecule has 0 unspecified atom stereocenters. The van der Waals surface area contributed by atoms with Crippen LogP contribution in [0.4, 0.5) is 0 Å². The van der Waals surface area contributed by atoms with Gasteiger partial charge in [-0.15, -0.1) is 0 Å². The molecule has 0 saturated heterocycles. The Kier molecular flexibility index (Phi) is 5.78. The minimum atomic E-state index is -0.0306. The summed E-state index contributed by atoms with van der Waals surface area (Å²) < 4.78 is 11.1. The molecule has 0 amide bonds. The van der Waals surface area contributed by atoms with Gasteiger partial charge in [0.15, 0.2) is 5.78 Å². The van der Waals surface area contributed by atoms with Crippen LogP contribution in [0.25, 0.3) is 6.08 Å². The fourth-order valence-electron chi connectivity index (χ4n) is 2.05. The van der Waals surface area contributed by atoms with E-state index < -0.39 is 0 Å². The van der Waals surface area contributed by atoms with Gasteiger partial charge in [-0.3, -0.25) is 4.79 Å². The largest absolute Gasteiger partial charge is 0.494 e. The summed E-state index contributed by atoms with van der Waals surface area (Å²) in [7, 11) is 0. The van der Waals surface area contributed by atoms with E-state index in [4.69, 9.17) is 9.47 Å². The first kappa shape index (κ1) is 15.8. The topological polar surface area (TPSA) is 35.5 Å². The highest BCUT2D eigenvalue weighted by Gasteiger charge is 2.05. The van der Waals surface area contributed by atoms with Gasteiger partial charge in [0.2, 0.25) is 0 Å². The van der Waals surface area contributed by atoms with E-state index in [2.05, 4.69) is 0 Å². The lowest BCUT2D eigenvalue weighted by Gasteiger charge is -2.10. The zero-order chi connectivity index (χ0) is 15.8. The van der Waals surface area contributed by atoms with Gasteiger partial charge in [0.25, 0.3) is 0 Å². The van der Waals surface area contributed by atoms with Crippen LogP contribution in [-0.2, 0) is 0 Å². The summed E-state index contributed by atoms with van der Waals surface area (Å²) in [4.78, 5) is 12.1. The van der Waals surface area contributed by atoms with Gasteiger partial charge in [-0.1, -0.05) is 30.3 Å². The monoisotopic (exact) mass is 296 g/mol. The summed E-state index contributed by atoms with van der Waals surface area (Å²) >= 11 is 0. The number of ether oxygens (including phenoxy) is 2. The van der Waals surface area contributed by atoms with Gasteiger partial charge in [-0.05, 0) is 38.1 Å². The highest BCUT2D eigenvalue weighted by molar-refractivity contribution is 6.06. The van der Waals surface area contributed by atoms with E-state index in [-0.39, 0.29) is 5.78 Å². The van der Waals surface area contributed by atoms with Crippen molar-refractivity contribution in [3.05, 3.63) is 65.7 Å². The van der Waals surface area contributed by atoms with Gasteiger partial charge in [0.05, 0.1) is 13.2 Å². The third-order valence-corrected chi connectivity index (χ3v) is 3.07. The summed E-state index contributed by atoms with van der Waals surface area (Å²) in [5, 5.41) is 0. The van der Waals surface area contributed by atoms with E-state index in [1.807, 2.05) is 50.2 Å². The Labute approximate surface area is 131 Å². The highest BCUT2D eigenvalue weighted by atomic mass is 16.5. The van der Waals surface area contributed by atoms with Gasteiger partial charge < -0.3 is 9.47 Å². The molecule has 0 aliphatic heterocycles. The molecule has 0 aliphatic rings. The fraction of sp³-hybridized carbons (Fsp3) is 0.211. The molecule has 114 valence electrons. The molecule has 3 heteroatoms. The molecule has 0 spiro atoms. The number of allylic oxidation sites excluding steroid dienone is 1. The van der Waals surface area contributed by atoms with Crippen molar-refractivity contribution >= 4 is 11.9 Å². The average molecular weight is 296 g/mol. The second-order valence-electron chi connectivity index (χ2n) is 4.63. The smallest absolute Gasteiger partial charge is 0.185 e. The Morgan fingerprint density at radius 2 is 1.73 bits per heavy atom. The fourth-order valence-corrected chi connectivity index (χ4v) is 2.05. The lowest BCUT2D eigenvalue weighted by Crippen LogP contribution is -1.97. The van der Waals surface area contributed by atoms with Crippen molar-refractivity contribution in [2.75, 3.05) is 13.2 Å². The Morgan fingerprint density at radius 1 is 1.00 bits per heavy atom. The maximum atomic E-state index is 12.1. The van der Waals surface area contributed by atoms with Crippen molar-refractivity contribution in [1.82, 2.24) is 0 Å². The third kappa shape index (κ3) is 4.22. The minimum absolute atomic E-state index is 0.0306. The number of carbonyl (C=O) groups excluding carboxylic acids is 1. The van der Waals surface area contributed by atoms with Crippen LogP contribution >= 0.6 is 0 Å². The number of benzene rings is 2. The van der Waals surface area contributed by atoms with Crippen molar-refractivity contribution in [2.45, 2.75) is 13.8 Å². The number of hydrogen-bond acceptors (Lipinski definition) is 3. The Hall–Kier alpha value is -2.55. The Morgan fingerprint density at radius 3 is 2.41 bits per heavy atom. The van der Waals surface area contributed by atoms with E-state index >= 15 is 0 Å². The van der Waals surface area contributed by atoms with Crippen LogP contribution in [0, 0.1) is 0 Å². The van der Waals surface area contributed by atoms with Gasteiger partial charge in [0.1, 0.15) is 11.5 Å². The molecule has 22 heavy (non-hydrogen) atoms. The highest BCUT2D eigenvalue weighted by Crippen LogP contribution is 2.26. The van der Waals surface area contributed by atoms with Crippen LogP contribution in [0.3, 0.4) is 0 Å². The van der Waals surface area contributed by atoms with Crippen LogP contribution in [-0.4, -0.2) is 19.0 Å². The standard InChI is InChI=1S/C19H20O3/c1-3-21-17-12-10-16(19(14-17)22-4-2)11-13-18(20)15-8-6-5-7-9-15/h5-14H,3-4H2,1-2H3/b13-11+. The maximum Gasteiger partial charge on any atom is 0.185 e. The van der Waals surface area contributed by atoms with Crippen molar-refractivity contribution < 1.29 is 14.3 Å². The van der Waals surface area contributed by atoms with Gasteiger partial charge in [-0.25, -0.2) is 0 Å². The van der Waals surface area contributed by atoms with Crippen molar-refractivity contribution in [3.8, 4) is 11.5 Å². The molecule has 3 nitrogen and oxygen atoms in total. The van der Waals surface area contributed by atoms with Gasteiger partial charge in [0, 0.05) is 17.2 Å². The zero-order valence-electron chi connectivity index (χ0n) is 12.9. The van der Waals surface area contributed by atoms with Crippen LogP contribution in [0.15, 0.2) is 54.6 Å². The number of ketones is 1. The summed E-state index contributed by atoms with van der Waals surface area (Å²) in [6, 6.07) is 14.8. The predicted octanol–water partition coefficient (Wildman–Crippen LogP) is 4.38. The van der Waals surface area contributed by atoms with Crippen LogP contribution in [0.1, 0.15) is 29.8 Å². The minimum Gasteiger partial charge on any atom is -0.494 e. The average Bonchev–Trinajstić information content (AvgIpc) is 2.55. The molecule has 0 fully saturated rings. The Bertz CT molecular complexity index is 645. The van der Waals surface area contributed by atoms with Crippen molar-refractivity contribution in [3.63, 3.8) is 0 Å². The number of rotatable bonds is 7. The molecule has 2 aromatic carbocycles.